The number of carbonyl (C=O) groups is 1. The molecule has 0 aliphatic heterocycles. The van der Waals surface area contributed by atoms with Gasteiger partial charge in [-0.2, -0.15) is 0 Å². The van der Waals surface area contributed by atoms with Crippen molar-refractivity contribution in [3.05, 3.63) is 95.1 Å². The summed E-state index contributed by atoms with van der Waals surface area (Å²) in [4.78, 5) is 12.8. The number of benzene rings is 3. The van der Waals surface area contributed by atoms with Crippen LogP contribution in [0.3, 0.4) is 0 Å². The Kier molecular flexibility index (Phi) is 5.02. The average Bonchev–Trinajstić information content (AvgIpc) is 3.09. The largest absolute Gasteiger partial charge is 0.508 e. The smallest absolute Gasteiger partial charge is 0.221 e. The van der Waals surface area contributed by atoms with Crippen molar-refractivity contribution in [3.8, 4) is 11.5 Å². The number of amides is 1. The van der Waals surface area contributed by atoms with Gasteiger partial charge in [0, 0.05) is 23.9 Å². The Morgan fingerprint density at radius 2 is 1.61 bits per heavy atom. The van der Waals surface area contributed by atoms with Gasteiger partial charge in [0.25, 0.3) is 0 Å². The molecule has 28 heavy (non-hydrogen) atoms. The highest BCUT2D eigenvalue weighted by Crippen LogP contribution is 2.35. The van der Waals surface area contributed by atoms with Crippen LogP contribution in [0.25, 0.3) is 0 Å². The van der Waals surface area contributed by atoms with Gasteiger partial charge in [0.15, 0.2) is 0 Å². The van der Waals surface area contributed by atoms with Crippen molar-refractivity contribution in [1.29, 1.82) is 0 Å². The van der Waals surface area contributed by atoms with Crippen LogP contribution in [-0.4, -0.2) is 22.2 Å². The fourth-order valence-corrected chi connectivity index (χ4v) is 4.06. The predicted molar refractivity (Wildman–Crippen MR) is 108 cm³/mol. The Hall–Kier alpha value is -3.27. The number of rotatable bonds is 5. The van der Waals surface area contributed by atoms with E-state index in [9.17, 15) is 15.0 Å². The minimum Gasteiger partial charge on any atom is -0.508 e. The van der Waals surface area contributed by atoms with Gasteiger partial charge in [-0.05, 0) is 47.7 Å². The number of phenols is 2. The normalized spacial score (nSPS) is 14.4. The number of para-hydroxylation sites is 1. The molecule has 0 unspecified atom stereocenters. The molecule has 4 rings (SSSR count). The highest BCUT2D eigenvalue weighted by atomic mass is 16.3. The minimum atomic E-state index is -0.336. The number of fused-ring (bicyclic) bond motifs is 1. The average molecular weight is 373 g/mol. The van der Waals surface area contributed by atoms with Crippen LogP contribution in [0.15, 0.2) is 72.8 Å². The van der Waals surface area contributed by atoms with E-state index in [2.05, 4.69) is 17.4 Å². The fourth-order valence-electron chi connectivity index (χ4n) is 4.06. The molecule has 1 aliphatic carbocycles. The number of carbonyl (C=O) groups excluding carboxylic acids is 1. The Balaban J connectivity index is 1.53. The molecular formula is C24H23NO3. The minimum absolute atomic E-state index is 0.0607. The first-order valence-electron chi connectivity index (χ1n) is 9.53. The lowest BCUT2D eigenvalue weighted by atomic mass is 9.87. The van der Waals surface area contributed by atoms with E-state index >= 15 is 0 Å². The Labute approximate surface area is 164 Å². The highest BCUT2D eigenvalue weighted by Gasteiger charge is 2.26. The lowest BCUT2D eigenvalue weighted by molar-refractivity contribution is -0.121. The van der Waals surface area contributed by atoms with Crippen LogP contribution in [0.2, 0.25) is 0 Å². The Bertz CT molecular complexity index is 973. The maximum Gasteiger partial charge on any atom is 0.221 e. The number of aromatic hydroxyl groups is 2. The lowest BCUT2D eigenvalue weighted by Crippen LogP contribution is -2.36. The summed E-state index contributed by atoms with van der Waals surface area (Å²) in [5.41, 5.74) is 4.06. The third-order valence-corrected chi connectivity index (χ3v) is 5.39. The summed E-state index contributed by atoms with van der Waals surface area (Å²) in [6.07, 6.45) is 1.89. The molecule has 0 fully saturated rings. The van der Waals surface area contributed by atoms with Gasteiger partial charge >= 0.3 is 0 Å². The van der Waals surface area contributed by atoms with E-state index in [0.717, 1.165) is 18.4 Å². The molecule has 0 bridgehead atoms. The van der Waals surface area contributed by atoms with E-state index in [1.165, 1.54) is 11.1 Å². The highest BCUT2D eigenvalue weighted by molar-refractivity contribution is 5.78. The maximum absolute atomic E-state index is 12.8. The molecule has 1 aliphatic rings. The number of hydrogen-bond donors (Lipinski definition) is 3. The molecule has 0 heterocycles. The van der Waals surface area contributed by atoms with Gasteiger partial charge in [-0.25, -0.2) is 0 Å². The third kappa shape index (κ3) is 3.86. The maximum atomic E-state index is 12.8. The standard InChI is InChI=1S/C24H23NO3/c26-20-9-5-8-18(14-20)22(21-10-3-4-11-23(21)27)15-24(28)25-19-12-16-6-1-2-7-17(16)13-19/h1-11,14,19,22,26-27H,12-13,15H2,(H,25,28)/t22-/m1/s1. The second kappa shape index (κ2) is 7.77. The quantitative estimate of drug-likeness (QED) is 0.635. The van der Waals surface area contributed by atoms with Gasteiger partial charge in [0.05, 0.1) is 0 Å². The zero-order chi connectivity index (χ0) is 19.5. The topological polar surface area (TPSA) is 69.6 Å². The van der Waals surface area contributed by atoms with Crippen molar-refractivity contribution >= 4 is 5.91 Å². The third-order valence-electron chi connectivity index (χ3n) is 5.39. The van der Waals surface area contributed by atoms with E-state index in [1.54, 1.807) is 30.3 Å². The fraction of sp³-hybridized carbons (Fsp3) is 0.208. The number of nitrogens with one attached hydrogen (secondary N) is 1. The number of phenolic OH excluding ortho intramolecular Hbond substituents is 2. The van der Waals surface area contributed by atoms with Gasteiger partial charge in [0.2, 0.25) is 5.91 Å². The summed E-state index contributed by atoms with van der Waals surface area (Å²) < 4.78 is 0. The van der Waals surface area contributed by atoms with Crippen LogP contribution in [-0.2, 0) is 17.6 Å². The predicted octanol–water partition coefficient (Wildman–Crippen LogP) is 3.90. The van der Waals surface area contributed by atoms with Crippen LogP contribution < -0.4 is 5.32 Å². The van der Waals surface area contributed by atoms with Gasteiger partial charge < -0.3 is 15.5 Å². The Morgan fingerprint density at radius 3 is 2.29 bits per heavy atom. The molecule has 142 valence electrons. The lowest BCUT2D eigenvalue weighted by Gasteiger charge is -2.20. The van der Waals surface area contributed by atoms with E-state index in [-0.39, 0.29) is 35.8 Å². The first-order chi connectivity index (χ1) is 13.6. The van der Waals surface area contributed by atoms with Gasteiger partial charge in [-0.15, -0.1) is 0 Å². The van der Waals surface area contributed by atoms with E-state index < -0.39 is 0 Å². The van der Waals surface area contributed by atoms with Crippen LogP contribution in [0.1, 0.15) is 34.6 Å². The van der Waals surface area contributed by atoms with Crippen molar-refractivity contribution in [3.63, 3.8) is 0 Å². The monoisotopic (exact) mass is 373 g/mol. The zero-order valence-electron chi connectivity index (χ0n) is 15.5. The summed E-state index contributed by atoms with van der Waals surface area (Å²) in [6.45, 7) is 0. The SMILES string of the molecule is O=C(C[C@H](c1cccc(O)c1)c1ccccc1O)NC1Cc2ccccc2C1. The molecule has 3 N–H and O–H groups in total. The summed E-state index contributed by atoms with van der Waals surface area (Å²) >= 11 is 0. The molecule has 4 nitrogen and oxygen atoms in total. The Morgan fingerprint density at radius 1 is 0.929 bits per heavy atom. The second-order valence-corrected chi connectivity index (χ2v) is 7.35. The molecule has 3 aromatic rings. The zero-order valence-corrected chi connectivity index (χ0v) is 15.5. The summed E-state index contributed by atoms with van der Waals surface area (Å²) in [5, 5.41) is 23.4. The van der Waals surface area contributed by atoms with Gasteiger partial charge in [-0.1, -0.05) is 54.6 Å². The molecule has 1 atom stereocenters. The van der Waals surface area contributed by atoms with E-state index in [0.29, 0.717) is 5.56 Å². The van der Waals surface area contributed by atoms with Crippen LogP contribution >= 0.6 is 0 Å². The molecule has 4 heteroatoms. The van der Waals surface area contributed by atoms with Crippen molar-refractivity contribution in [2.75, 3.05) is 0 Å². The molecule has 0 saturated heterocycles. The summed E-state index contributed by atoms with van der Waals surface area (Å²) in [6, 6.07) is 22.3. The van der Waals surface area contributed by atoms with Crippen molar-refractivity contribution in [1.82, 2.24) is 5.32 Å². The molecule has 3 aromatic carbocycles. The molecule has 0 radical (unpaired) electrons. The summed E-state index contributed by atoms with van der Waals surface area (Å²) in [7, 11) is 0. The van der Waals surface area contributed by atoms with Crippen LogP contribution in [0.4, 0.5) is 0 Å². The van der Waals surface area contributed by atoms with Crippen molar-refractivity contribution in [2.24, 2.45) is 0 Å². The van der Waals surface area contributed by atoms with Crippen LogP contribution in [0, 0.1) is 0 Å². The molecular weight excluding hydrogens is 350 g/mol. The second-order valence-electron chi connectivity index (χ2n) is 7.35. The molecule has 0 aromatic heterocycles. The first kappa shape index (κ1) is 18.1. The van der Waals surface area contributed by atoms with E-state index in [4.69, 9.17) is 0 Å². The molecule has 1 amide bonds. The number of hydrogen-bond acceptors (Lipinski definition) is 3. The molecule has 0 saturated carbocycles. The van der Waals surface area contributed by atoms with Crippen molar-refractivity contribution in [2.45, 2.75) is 31.2 Å². The molecule has 0 spiro atoms. The van der Waals surface area contributed by atoms with E-state index in [1.807, 2.05) is 30.3 Å². The summed E-state index contributed by atoms with van der Waals surface area (Å²) in [5.74, 6) is -0.104. The van der Waals surface area contributed by atoms with Crippen LogP contribution in [0.5, 0.6) is 11.5 Å². The van der Waals surface area contributed by atoms with Gasteiger partial charge in [-0.3, -0.25) is 4.79 Å². The first-order valence-corrected chi connectivity index (χ1v) is 9.53. The van der Waals surface area contributed by atoms with Crippen molar-refractivity contribution < 1.29 is 15.0 Å². The van der Waals surface area contributed by atoms with Gasteiger partial charge in [0.1, 0.15) is 11.5 Å².